The van der Waals surface area contributed by atoms with Gasteiger partial charge in [0.2, 0.25) is 0 Å². The molecule has 1 aromatic rings. The number of nitrogens with zero attached hydrogens (tertiary/aromatic N) is 1. The van der Waals surface area contributed by atoms with Crippen molar-refractivity contribution in [2.24, 2.45) is 0 Å². The molecule has 3 N–H and O–H groups in total. The average Bonchev–Trinajstić information content (AvgIpc) is 2.17. The first-order chi connectivity index (χ1) is 7.34. The minimum absolute atomic E-state index is 0.172. The molecule has 0 amide bonds. The van der Waals surface area contributed by atoms with Crippen LogP contribution in [0.2, 0.25) is 0 Å². The number of aliphatic carboxylic acids is 1. The van der Waals surface area contributed by atoms with Crippen LogP contribution in [0.3, 0.4) is 0 Å². The van der Waals surface area contributed by atoms with E-state index in [0.717, 1.165) is 0 Å². The molecule has 1 unspecified atom stereocenters. The van der Waals surface area contributed by atoms with E-state index in [-0.39, 0.29) is 5.69 Å². The summed E-state index contributed by atoms with van der Waals surface area (Å²) in [5.74, 6) is -1.30. The minimum Gasteiger partial charge on any atom is -0.480 e. The first kappa shape index (κ1) is 12.7. The number of hydrogen-bond acceptors (Lipinski definition) is 2. The summed E-state index contributed by atoms with van der Waals surface area (Å²) in [5.41, 5.74) is 0.172. The Morgan fingerprint density at radius 2 is 1.81 bits per heavy atom. The number of benzene rings is 1. The standard InChI is InChI=1S/C9H12NO5P/c1-7(9(11)12)10(16(13,14)15)8-5-3-2-4-6-8/h2-7H,1H3,(H,11,12)(H2,13,14,15). The van der Waals surface area contributed by atoms with Crippen LogP contribution < -0.4 is 4.67 Å². The van der Waals surface area contributed by atoms with E-state index in [4.69, 9.17) is 14.9 Å². The van der Waals surface area contributed by atoms with E-state index in [0.29, 0.717) is 4.67 Å². The third-order valence-electron chi connectivity index (χ3n) is 2.03. The van der Waals surface area contributed by atoms with Gasteiger partial charge in [-0.15, -0.1) is 0 Å². The Labute approximate surface area is 92.3 Å². The van der Waals surface area contributed by atoms with Crippen LogP contribution in [-0.2, 0) is 9.36 Å². The Bertz CT molecular complexity index is 415. The van der Waals surface area contributed by atoms with Gasteiger partial charge in [-0.3, -0.25) is 4.67 Å². The lowest BCUT2D eigenvalue weighted by Crippen LogP contribution is -2.36. The fourth-order valence-corrected chi connectivity index (χ4v) is 2.27. The summed E-state index contributed by atoms with van der Waals surface area (Å²) in [5, 5.41) is 8.79. The van der Waals surface area contributed by atoms with E-state index < -0.39 is 19.8 Å². The number of carbonyl (C=O) groups is 1. The molecule has 0 saturated carbocycles. The maximum atomic E-state index is 11.2. The van der Waals surface area contributed by atoms with Crippen LogP contribution in [0.15, 0.2) is 30.3 Å². The Morgan fingerprint density at radius 3 is 2.19 bits per heavy atom. The van der Waals surface area contributed by atoms with Crippen molar-refractivity contribution in [2.45, 2.75) is 13.0 Å². The van der Waals surface area contributed by atoms with Crippen LogP contribution in [0.1, 0.15) is 6.92 Å². The molecule has 0 heterocycles. The molecule has 88 valence electrons. The Hall–Kier alpha value is -1.36. The summed E-state index contributed by atoms with van der Waals surface area (Å²) in [6, 6.07) is 6.41. The van der Waals surface area contributed by atoms with Gasteiger partial charge in [-0.05, 0) is 19.1 Å². The second-order valence-electron chi connectivity index (χ2n) is 3.21. The molecule has 1 aromatic carbocycles. The molecule has 0 aliphatic carbocycles. The molecule has 0 saturated heterocycles. The van der Waals surface area contributed by atoms with Crippen molar-refractivity contribution in [3.63, 3.8) is 0 Å². The predicted octanol–water partition coefficient (Wildman–Crippen LogP) is 1.06. The summed E-state index contributed by atoms with van der Waals surface area (Å²) in [6.07, 6.45) is 0. The number of anilines is 1. The van der Waals surface area contributed by atoms with Gasteiger partial charge >= 0.3 is 13.7 Å². The molecule has 0 spiro atoms. The van der Waals surface area contributed by atoms with Crippen molar-refractivity contribution in [3.8, 4) is 0 Å². The van der Waals surface area contributed by atoms with Gasteiger partial charge in [0.1, 0.15) is 6.04 Å². The smallest absolute Gasteiger partial charge is 0.430 e. The van der Waals surface area contributed by atoms with Gasteiger partial charge in [0, 0.05) is 5.69 Å². The SMILES string of the molecule is CC(C(=O)O)N(c1ccccc1)P(=O)(O)O. The minimum atomic E-state index is -4.66. The molecule has 7 heteroatoms. The quantitative estimate of drug-likeness (QED) is 0.686. The highest BCUT2D eigenvalue weighted by atomic mass is 31.2. The first-order valence-corrected chi connectivity index (χ1v) is 6.03. The van der Waals surface area contributed by atoms with E-state index in [1.54, 1.807) is 18.2 Å². The molecule has 1 rings (SSSR count). The zero-order chi connectivity index (χ0) is 12.3. The highest BCUT2D eigenvalue weighted by Crippen LogP contribution is 2.45. The van der Waals surface area contributed by atoms with Crippen molar-refractivity contribution in [3.05, 3.63) is 30.3 Å². The average molecular weight is 245 g/mol. The highest BCUT2D eigenvalue weighted by Gasteiger charge is 2.34. The largest absolute Gasteiger partial charge is 0.480 e. The molecule has 6 nitrogen and oxygen atoms in total. The van der Waals surface area contributed by atoms with Crippen LogP contribution in [0, 0.1) is 0 Å². The number of para-hydroxylation sites is 1. The maximum Gasteiger partial charge on any atom is 0.430 e. The summed E-state index contributed by atoms with van der Waals surface area (Å²) >= 11 is 0. The van der Waals surface area contributed by atoms with E-state index in [1.165, 1.54) is 19.1 Å². The van der Waals surface area contributed by atoms with Crippen molar-refractivity contribution in [1.82, 2.24) is 0 Å². The second kappa shape index (κ2) is 4.65. The molecule has 0 aliphatic heterocycles. The summed E-state index contributed by atoms with van der Waals surface area (Å²) in [6.45, 7) is 1.22. The third-order valence-corrected chi connectivity index (χ3v) is 3.16. The first-order valence-electron chi connectivity index (χ1n) is 4.47. The zero-order valence-corrected chi connectivity index (χ0v) is 9.41. The fraction of sp³-hybridized carbons (Fsp3) is 0.222. The summed E-state index contributed by atoms with van der Waals surface area (Å²) < 4.78 is 11.8. The van der Waals surface area contributed by atoms with Crippen molar-refractivity contribution >= 4 is 19.4 Å². The van der Waals surface area contributed by atoms with Gasteiger partial charge in [-0.1, -0.05) is 18.2 Å². The van der Waals surface area contributed by atoms with Crippen molar-refractivity contribution in [1.29, 1.82) is 0 Å². The zero-order valence-electron chi connectivity index (χ0n) is 8.52. The molecule has 0 aromatic heterocycles. The van der Waals surface area contributed by atoms with Gasteiger partial charge in [-0.25, -0.2) is 9.36 Å². The molecule has 0 bridgehead atoms. The van der Waals surface area contributed by atoms with Crippen molar-refractivity contribution in [2.75, 3.05) is 4.67 Å². The lowest BCUT2D eigenvalue weighted by atomic mass is 10.2. The highest BCUT2D eigenvalue weighted by molar-refractivity contribution is 7.53. The van der Waals surface area contributed by atoms with Gasteiger partial charge < -0.3 is 14.9 Å². The molecule has 0 aliphatic rings. The van der Waals surface area contributed by atoms with E-state index in [9.17, 15) is 9.36 Å². The van der Waals surface area contributed by atoms with Crippen LogP contribution >= 0.6 is 7.75 Å². The Kier molecular flexibility index (Phi) is 3.70. The monoisotopic (exact) mass is 245 g/mol. The van der Waals surface area contributed by atoms with Gasteiger partial charge in [0.05, 0.1) is 0 Å². The van der Waals surface area contributed by atoms with Gasteiger partial charge in [0.15, 0.2) is 0 Å². The topological polar surface area (TPSA) is 98.1 Å². The molecular weight excluding hydrogens is 233 g/mol. The number of hydrogen-bond donors (Lipinski definition) is 3. The molecule has 16 heavy (non-hydrogen) atoms. The van der Waals surface area contributed by atoms with Crippen LogP contribution in [0.5, 0.6) is 0 Å². The van der Waals surface area contributed by atoms with Crippen LogP contribution in [0.25, 0.3) is 0 Å². The van der Waals surface area contributed by atoms with Crippen molar-refractivity contribution < 1.29 is 24.3 Å². The second-order valence-corrected chi connectivity index (χ2v) is 4.67. The lowest BCUT2D eigenvalue weighted by molar-refractivity contribution is -0.137. The summed E-state index contributed by atoms with van der Waals surface area (Å²) in [4.78, 5) is 29.0. The number of carboxylic acid groups (broad SMARTS) is 1. The van der Waals surface area contributed by atoms with Gasteiger partial charge in [-0.2, -0.15) is 0 Å². The van der Waals surface area contributed by atoms with E-state index in [2.05, 4.69) is 0 Å². The lowest BCUT2D eigenvalue weighted by Gasteiger charge is -2.28. The molecular formula is C9H12NO5P. The predicted molar refractivity (Wildman–Crippen MR) is 58.1 cm³/mol. The van der Waals surface area contributed by atoms with E-state index >= 15 is 0 Å². The summed E-state index contributed by atoms with van der Waals surface area (Å²) in [7, 11) is -4.66. The number of rotatable bonds is 4. The number of carboxylic acids is 1. The molecule has 0 radical (unpaired) electrons. The van der Waals surface area contributed by atoms with Gasteiger partial charge in [0.25, 0.3) is 0 Å². The Morgan fingerprint density at radius 1 is 1.31 bits per heavy atom. The fourth-order valence-electron chi connectivity index (χ4n) is 1.28. The van der Waals surface area contributed by atoms with E-state index in [1.807, 2.05) is 0 Å². The maximum absolute atomic E-state index is 11.2. The molecule has 0 fully saturated rings. The third kappa shape index (κ3) is 2.82. The normalized spacial score (nSPS) is 13.2. The Balaban J connectivity index is 3.17. The van der Waals surface area contributed by atoms with Crippen LogP contribution in [-0.4, -0.2) is 26.9 Å². The molecule has 1 atom stereocenters. The van der Waals surface area contributed by atoms with Crippen LogP contribution in [0.4, 0.5) is 5.69 Å².